The van der Waals surface area contributed by atoms with Gasteiger partial charge in [0, 0.05) is 120 Å². The largest absolute Gasteiger partial charge is 0.481 e. The number of fused-ring (bicyclic) bond motifs is 4. The van der Waals surface area contributed by atoms with Gasteiger partial charge < -0.3 is 78.6 Å². The van der Waals surface area contributed by atoms with Crippen molar-refractivity contribution in [1.82, 2.24) is 46.6 Å². The Bertz CT molecular complexity index is 2950. The van der Waals surface area contributed by atoms with Crippen molar-refractivity contribution in [1.29, 1.82) is 0 Å². The second-order valence-corrected chi connectivity index (χ2v) is 28.4. The van der Waals surface area contributed by atoms with Crippen molar-refractivity contribution in [3.8, 4) is 0 Å². The topological polar surface area (TPSA) is 407 Å². The molecule has 2 aromatic rings. The molecule has 0 radical (unpaired) electrons. The van der Waals surface area contributed by atoms with Gasteiger partial charge in [0.15, 0.2) is 11.6 Å². The third kappa shape index (κ3) is 27.8. The van der Waals surface area contributed by atoms with Gasteiger partial charge in [-0.1, -0.05) is 68.3 Å². The van der Waals surface area contributed by atoms with E-state index in [2.05, 4.69) is 48.9 Å². The summed E-state index contributed by atoms with van der Waals surface area (Å²) in [5, 5.41) is 38.8. The van der Waals surface area contributed by atoms with Crippen molar-refractivity contribution >= 4 is 88.2 Å². The molecule has 29 heteroatoms. The van der Waals surface area contributed by atoms with Gasteiger partial charge in [-0.05, 0) is 100 Å². The molecule has 4 heterocycles. The number of carbonyl (C=O) groups is 11. The fourth-order valence-electron chi connectivity index (χ4n) is 12.9. The quantitative estimate of drug-likeness (QED) is 0.0443. The van der Waals surface area contributed by atoms with Crippen molar-refractivity contribution in [2.24, 2.45) is 40.9 Å². The van der Waals surface area contributed by atoms with Crippen molar-refractivity contribution in [2.75, 3.05) is 110 Å². The van der Waals surface area contributed by atoms with Crippen LogP contribution >= 0.6 is 23.5 Å². The maximum atomic E-state index is 15.0. The van der Waals surface area contributed by atoms with Crippen molar-refractivity contribution < 1.29 is 72.4 Å². The van der Waals surface area contributed by atoms with E-state index in [1.165, 1.54) is 35.3 Å². The number of Topliss-reactive ketones (excluding diaryl/α,β-unsaturated/α-hetero) is 3. The predicted molar refractivity (Wildman–Crippen MR) is 377 cm³/mol. The fourth-order valence-corrected chi connectivity index (χ4v) is 15.1. The predicted octanol–water partition coefficient (Wildman–Crippen LogP) is 0.951. The number of hydrogen-bond acceptors (Lipinski definition) is 21. The van der Waals surface area contributed by atoms with Crippen LogP contribution in [0.3, 0.4) is 0 Å². The minimum atomic E-state index is -1.67. The van der Waals surface area contributed by atoms with Crippen LogP contribution in [-0.2, 0) is 86.7 Å². The van der Waals surface area contributed by atoms with Crippen molar-refractivity contribution in [3.63, 3.8) is 0 Å². The number of benzene rings is 2. The summed E-state index contributed by atoms with van der Waals surface area (Å²) in [4.78, 5) is 158. The number of ketones is 3. The highest BCUT2D eigenvalue weighted by Gasteiger charge is 2.45. The van der Waals surface area contributed by atoms with Gasteiger partial charge in [-0.15, -0.1) is 0 Å². The molecule has 99 heavy (non-hydrogen) atoms. The number of piperidine rings is 1. The van der Waals surface area contributed by atoms with Crippen molar-refractivity contribution in [2.45, 2.75) is 165 Å². The van der Waals surface area contributed by atoms with Crippen LogP contribution in [0, 0.1) is 23.7 Å². The number of aliphatic hydroxyl groups is 1. The number of nitrogens with one attached hydrogen (secondary N) is 6. The van der Waals surface area contributed by atoms with E-state index in [1.54, 1.807) is 35.2 Å². The van der Waals surface area contributed by atoms with E-state index in [-0.39, 0.29) is 112 Å². The number of ether oxygens (including phenoxy) is 2. The van der Waals surface area contributed by atoms with Gasteiger partial charge >= 0.3 is 5.97 Å². The van der Waals surface area contributed by atoms with E-state index in [0.717, 1.165) is 29.5 Å². The van der Waals surface area contributed by atoms with Crippen LogP contribution in [0.25, 0.3) is 0 Å². The Balaban J connectivity index is 1.20. The number of rotatable bonds is 33. The number of carbonyl (C=O) groups excluding carboxylic acids is 10. The molecule has 6 rings (SSSR count). The zero-order valence-corrected chi connectivity index (χ0v) is 59.4. The minimum Gasteiger partial charge on any atom is -0.481 e. The number of carboxylic acid groups (broad SMARTS) is 1. The average molecular weight is 1420 g/mol. The number of nitrogens with two attached hydrogens (primary N) is 3. The lowest BCUT2D eigenvalue weighted by Gasteiger charge is -2.33. The normalized spacial score (nSPS) is 22.7. The molecule has 0 unspecified atom stereocenters. The molecule has 4 aliphatic rings. The van der Waals surface area contributed by atoms with Crippen LogP contribution in [0.2, 0.25) is 0 Å². The molecule has 0 spiro atoms. The molecular weight excluding hydrogens is 1310 g/mol. The van der Waals surface area contributed by atoms with Crippen LogP contribution in [-0.4, -0.2) is 236 Å². The number of aliphatic carboxylic acids is 1. The maximum absolute atomic E-state index is 15.0. The Morgan fingerprint density at radius 3 is 1.97 bits per heavy atom. The molecule has 0 aliphatic carbocycles. The number of amides is 7. The highest BCUT2D eigenvalue weighted by molar-refractivity contribution is 7.98. The van der Waals surface area contributed by atoms with E-state index >= 15 is 0 Å². The molecule has 3 saturated heterocycles. The molecule has 0 aromatic heterocycles. The second kappa shape index (κ2) is 44.1. The number of unbranched alkanes of at least 4 members (excludes halogenated alkanes) is 2. The summed E-state index contributed by atoms with van der Waals surface area (Å²) >= 11 is 2.82. The first-order chi connectivity index (χ1) is 47.7. The summed E-state index contributed by atoms with van der Waals surface area (Å²) in [6.07, 6.45) is 2.57. The smallest absolute Gasteiger partial charge is 0.307 e. The molecule has 4 aliphatic heterocycles. The summed E-state index contributed by atoms with van der Waals surface area (Å²) in [6.45, 7) is 9.59. The first-order valence-corrected chi connectivity index (χ1v) is 37.6. The Labute approximate surface area is 590 Å². The van der Waals surface area contributed by atoms with E-state index in [1.807, 2.05) is 13.0 Å². The van der Waals surface area contributed by atoms with E-state index in [4.69, 9.17) is 26.7 Å². The lowest BCUT2D eigenvalue weighted by atomic mass is 9.92. The molecule has 0 saturated carbocycles. The molecule has 550 valence electrons. The van der Waals surface area contributed by atoms with Crippen LogP contribution in [0.15, 0.2) is 48.5 Å². The first kappa shape index (κ1) is 81.6. The number of likely N-dealkylation sites (tertiary alicyclic amines) is 1. The summed E-state index contributed by atoms with van der Waals surface area (Å²) in [6, 6.07) is 8.38. The fraction of sp³-hybridized carbons (Fsp3) is 0.671. The molecular formula is C70H108N12O15S2. The zero-order valence-electron chi connectivity index (χ0n) is 57.7. The van der Waals surface area contributed by atoms with Gasteiger partial charge in [0.2, 0.25) is 41.4 Å². The van der Waals surface area contributed by atoms with E-state index < -0.39 is 102 Å². The Hall–Kier alpha value is -6.41. The summed E-state index contributed by atoms with van der Waals surface area (Å²) < 4.78 is 11.4. The van der Waals surface area contributed by atoms with Gasteiger partial charge in [-0.25, -0.2) is 0 Å². The molecule has 14 N–H and O–H groups in total. The Morgan fingerprint density at radius 1 is 0.697 bits per heavy atom. The molecule has 2 bridgehead atoms. The molecule has 7 amide bonds. The average Bonchev–Trinajstić information content (AvgIpc) is 1.68. The van der Waals surface area contributed by atoms with Gasteiger partial charge in [0.1, 0.15) is 36.6 Å². The van der Waals surface area contributed by atoms with Gasteiger partial charge in [0.25, 0.3) is 0 Å². The van der Waals surface area contributed by atoms with Crippen LogP contribution in [0.5, 0.6) is 0 Å². The second-order valence-electron chi connectivity index (χ2n) is 26.4. The van der Waals surface area contributed by atoms with Crippen molar-refractivity contribution in [3.05, 3.63) is 70.8 Å². The molecule has 3 fully saturated rings. The minimum absolute atomic E-state index is 0.00167. The van der Waals surface area contributed by atoms with Gasteiger partial charge in [-0.3, -0.25) is 57.6 Å². The maximum Gasteiger partial charge on any atom is 0.307 e. The van der Waals surface area contributed by atoms with Crippen LogP contribution in [0.1, 0.15) is 126 Å². The number of nitrogens with zero attached hydrogens (tertiary/aromatic N) is 3. The SMILES string of the molecule is CCCCCC(=O)C[C@H]1CSCc2cc(cc(CN3CCC(C(=O)COCCOCCNC(=O)C(CNCCN)CNCCN)CC3)c2)CSC[C@@H](C(=O)O)CC(=O)[C@H](Cc2ccccc2)NC(=O)[C@H](CCC(N)=O)NC(=O)[C@H]([C@@H](C)O)NC(=O)[C@@H]2CCCN2C(=O)[C@@H]2CCCN2C1=O. The Morgan fingerprint density at radius 2 is 1.33 bits per heavy atom. The number of carboxylic acids is 1. The lowest BCUT2D eigenvalue weighted by Crippen LogP contribution is -2.61. The van der Waals surface area contributed by atoms with Crippen LogP contribution < -0.4 is 49.1 Å². The third-order valence-electron chi connectivity index (χ3n) is 18.4. The van der Waals surface area contributed by atoms with Gasteiger partial charge in [-0.2, -0.15) is 23.5 Å². The standard InChI is InChI=1S/C70H108N12O15S2/c1-3-4-6-13-55(84)36-52-44-98-42-49-32-48(40-80-27-18-51(19-28-80)61(86)41-97-31-30-96-29-24-76-64(88)54(38-74-22-20-71)39-75-23-21-72)33-50(34-49)43-99-45-53(70(94)95)37-60(85)57(35-47-11-7-5-8-12-47)78-65(89)56(16-17-62(73)87)77-67(91)63(46(2)83)79-66(90)58-14-9-25-81(58)69(93)59-15-10-26-82(59)68(52)92/h5,7-8,11-12,32-34,46,51-54,56-59,63,74-75,83H,3-4,6,9-10,13-31,35-45,71-72H2,1-2H3,(H2,73,87)(H,76,88)(H,77,91)(H,78,89)(H,79,90)(H,94,95)/t46-,52+,53+,56+,57+,58+,59+,63+/m1/s1. The first-order valence-electron chi connectivity index (χ1n) is 35.3. The van der Waals surface area contributed by atoms with Gasteiger partial charge in [0.05, 0.1) is 49.7 Å². The number of primary amides is 1. The monoisotopic (exact) mass is 1420 g/mol. The van der Waals surface area contributed by atoms with Crippen LogP contribution in [0.4, 0.5) is 0 Å². The summed E-state index contributed by atoms with van der Waals surface area (Å²) in [7, 11) is 0. The molecule has 8 atom stereocenters. The highest BCUT2D eigenvalue weighted by atomic mass is 32.2. The summed E-state index contributed by atoms with van der Waals surface area (Å²) in [5.74, 6) is -7.73. The number of aliphatic hydroxyl groups excluding tert-OH is 1. The van der Waals surface area contributed by atoms with E-state index in [0.29, 0.717) is 127 Å². The number of hydrogen-bond donors (Lipinski definition) is 11. The highest BCUT2D eigenvalue weighted by Crippen LogP contribution is 2.31. The number of thioether (sulfide) groups is 2. The Kier molecular flexibility index (Phi) is 36.3. The zero-order chi connectivity index (χ0) is 71.6. The molecule has 2 aromatic carbocycles. The molecule has 27 nitrogen and oxygen atoms in total. The van der Waals surface area contributed by atoms with E-state index in [9.17, 15) is 63.0 Å². The lowest BCUT2D eigenvalue weighted by molar-refractivity contribution is -0.148. The third-order valence-corrected chi connectivity index (χ3v) is 20.7. The summed E-state index contributed by atoms with van der Waals surface area (Å²) in [5.41, 5.74) is 20.1.